The molecule has 0 radical (unpaired) electrons. The van der Waals surface area contributed by atoms with Crippen LogP contribution in [0.5, 0.6) is 0 Å². The zero-order valence-electron chi connectivity index (χ0n) is 17.4. The van der Waals surface area contributed by atoms with Gasteiger partial charge in [-0.1, -0.05) is 60.7 Å². The Labute approximate surface area is 181 Å². The fourth-order valence-corrected chi connectivity index (χ4v) is 3.62. The number of methoxy groups -OCH3 is 1. The maximum absolute atomic E-state index is 11.9. The summed E-state index contributed by atoms with van der Waals surface area (Å²) < 4.78 is 23.1. The first-order chi connectivity index (χ1) is 15.1. The van der Waals surface area contributed by atoms with Gasteiger partial charge in [-0.15, -0.1) is 0 Å². The van der Waals surface area contributed by atoms with E-state index in [2.05, 4.69) is 0 Å². The first-order valence-corrected chi connectivity index (χ1v) is 10.2. The molecule has 166 valence electrons. The van der Waals surface area contributed by atoms with E-state index in [0.29, 0.717) is 13.2 Å². The molecular formula is C23H27NO7. The Morgan fingerprint density at radius 3 is 1.94 bits per heavy atom. The quantitative estimate of drug-likeness (QED) is 0.307. The molecule has 1 aliphatic rings. The molecule has 0 bridgehead atoms. The summed E-state index contributed by atoms with van der Waals surface area (Å²) in [5.41, 5.74) is 1.93. The van der Waals surface area contributed by atoms with Crippen LogP contribution in [-0.2, 0) is 37.0 Å². The molecule has 31 heavy (non-hydrogen) atoms. The van der Waals surface area contributed by atoms with E-state index in [0.717, 1.165) is 11.1 Å². The van der Waals surface area contributed by atoms with Crippen LogP contribution in [0.25, 0.3) is 0 Å². The highest BCUT2D eigenvalue weighted by Crippen LogP contribution is 2.32. The monoisotopic (exact) mass is 429 g/mol. The van der Waals surface area contributed by atoms with Gasteiger partial charge in [-0.05, 0) is 11.1 Å². The highest BCUT2D eigenvalue weighted by molar-refractivity contribution is 5.70. The van der Waals surface area contributed by atoms with Gasteiger partial charge in [-0.25, -0.2) is 0 Å². The van der Waals surface area contributed by atoms with Crippen molar-refractivity contribution in [1.29, 1.82) is 0 Å². The van der Waals surface area contributed by atoms with Crippen LogP contribution in [0.3, 0.4) is 0 Å². The fraction of sp³-hybridized carbons (Fsp3) is 0.435. The van der Waals surface area contributed by atoms with Crippen LogP contribution in [-0.4, -0.2) is 49.0 Å². The maximum Gasteiger partial charge on any atom is 0.308 e. The molecule has 0 aliphatic carbocycles. The normalized spacial score (nSPS) is 22.9. The van der Waals surface area contributed by atoms with Crippen molar-refractivity contribution in [2.45, 2.75) is 50.5 Å². The Balaban J connectivity index is 1.77. The van der Waals surface area contributed by atoms with Gasteiger partial charge < -0.3 is 18.9 Å². The largest absolute Gasteiger partial charge is 0.469 e. The predicted molar refractivity (Wildman–Crippen MR) is 112 cm³/mol. The standard InChI is InChI=1S/C23H27NO7/c1-28-21(25)14-20-23(30-16-18-10-6-3-7-11-18)22(19(31-20)12-13-24(26)27)29-15-17-8-4-2-5-9-17/h2-11,19-20,22-23H,12-16H2,1H3/t19-,20-,22-,23+/m1/s1. The molecule has 0 saturated carbocycles. The molecule has 2 aromatic rings. The van der Waals surface area contributed by atoms with Gasteiger partial charge in [0.25, 0.3) is 0 Å². The van der Waals surface area contributed by atoms with E-state index in [9.17, 15) is 14.9 Å². The molecule has 1 fully saturated rings. The minimum atomic E-state index is -0.617. The lowest BCUT2D eigenvalue weighted by molar-refractivity contribution is -0.482. The first kappa shape index (κ1) is 22.9. The zero-order valence-corrected chi connectivity index (χ0v) is 17.4. The average Bonchev–Trinajstić information content (AvgIpc) is 3.12. The highest BCUT2D eigenvalue weighted by atomic mass is 16.6. The molecule has 0 aromatic heterocycles. The zero-order chi connectivity index (χ0) is 22.1. The topological polar surface area (TPSA) is 97.1 Å². The van der Waals surface area contributed by atoms with Gasteiger partial charge in [0.05, 0.1) is 39.0 Å². The molecule has 1 saturated heterocycles. The van der Waals surface area contributed by atoms with Gasteiger partial charge >= 0.3 is 5.97 Å². The maximum atomic E-state index is 11.9. The first-order valence-electron chi connectivity index (χ1n) is 10.2. The number of ether oxygens (including phenoxy) is 4. The number of esters is 1. The number of rotatable bonds is 11. The third-order valence-corrected chi connectivity index (χ3v) is 5.17. The lowest BCUT2D eigenvalue weighted by Gasteiger charge is -2.24. The molecular weight excluding hydrogens is 402 g/mol. The Hall–Kier alpha value is -2.81. The van der Waals surface area contributed by atoms with Gasteiger partial charge in [0, 0.05) is 11.3 Å². The number of benzene rings is 2. The van der Waals surface area contributed by atoms with Crippen LogP contribution in [0, 0.1) is 10.1 Å². The van der Waals surface area contributed by atoms with Crippen LogP contribution in [0.15, 0.2) is 60.7 Å². The smallest absolute Gasteiger partial charge is 0.308 e. The van der Waals surface area contributed by atoms with E-state index >= 15 is 0 Å². The van der Waals surface area contributed by atoms with E-state index < -0.39 is 30.4 Å². The second kappa shape index (κ2) is 11.5. The second-order valence-electron chi connectivity index (χ2n) is 7.36. The van der Waals surface area contributed by atoms with Crippen molar-refractivity contribution >= 4 is 5.97 Å². The third kappa shape index (κ3) is 6.85. The summed E-state index contributed by atoms with van der Waals surface area (Å²) in [7, 11) is 1.31. The Morgan fingerprint density at radius 2 is 1.45 bits per heavy atom. The summed E-state index contributed by atoms with van der Waals surface area (Å²) in [5.74, 6) is -0.435. The molecule has 4 atom stereocenters. The highest BCUT2D eigenvalue weighted by Gasteiger charge is 2.47. The summed E-state index contributed by atoms with van der Waals surface area (Å²) in [4.78, 5) is 22.5. The van der Waals surface area contributed by atoms with E-state index in [4.69, 9.17) is 18.9 Å². The number of carbonyl (C=O) groups excluding carboxylic acids is 1. The molecule has 0 amide bonds. The predicted octanol–water partition coefficient (Wildman–Crippen LogP) is 3.15. The number of carbonyl (C=O) groups is 1. The molecule has 0 spiro atoms. The minimum Gasteiger partial charge on any atom is -0.469 e. The van der Waals surface area contributed by atoms with Gasteiger partial charge in [0.2, 0.25) is 6.54 Å². The van der Waals surface area contributed by atoms with Gasteiger partial charge in [-0.3, -0.25) is 14.9 Å². The SMILES string of the molecule is COC(=O)C[C@H]1O[C@H](CC[N+](=O)[O-])[C@@H](OCc2ccccc2)[C@H]1OCc1ccccc1. The van der Waals surface area contributed by atoms with Crippen molar-refractivity contribution in [2.75, 3.05) is 13.7 Å². The number of nitrogens with zero attached hydrogens (tertiary/aromatic N) is 1. The second-order valence-corrected chi connectivity index (χ2v) is 7.36. The van der Waals surface area contributed by atoms with E-state index in [1.54, 1.807) is 0 Å². The molecule has 0 N–H and O–H groups in total. The molecule has 3 rings (SSSR count). The number of hydrogen-bond donors (Lipinski definition) is 0. The van der Waals surface area contributed by atoms with Crippen LogP contribution in [0.4, 0.5) is 0 Å². The van der Waals surface area contributed by atoms with Crippen molar-refractivity contribution in [3.8, 4) is 0 Å². The number of nitro groups is 1. The summed E-state index contributed by atoms with van der Waals surface area (Å²) in [5, 5.41) is 10.9. The molecule has 1 aliphatic heterocycles. The average molecular weight is 429 g/mol. The Morgan fingerprint density at radius 1 is 0.935 bits per heavy atom. The summed E-state index contributed by atoms with van der Waals surface area (Å²) in [6.07, 6.45) is -2.16. The van der Waals surface area contributed by atoms with Crippen LogP contribution in [0.2, 0.25) is 0 Å². The van der Waals surface area contributed by atoms with Crippen LogP contribution >= 0.6 is 0 Å². The summed E-state index contributed by atoms with van der Waals surface area (Å²) in [6, 6.07) is 19.3. The molecule has 8 nitrogen and oxygen atoms in total. The van der Waals surface area contributed by atoms with Crippen LogP contribution in [0.1, 0.15) is 24.0 Å². The van der Waals surface area contributed by atoms with Crippen molar-refractivity contribution in [3.63, 3.8) is 0 Å². The summed E-state index contributed by atoms with van der Waals surface area (Å²) in [6.45, 7) is 0.353. The molecule has 2 aromatic carbocycles. The third-order valence-electron chi connectivity index (χ3n) is 5.17. The van der Waals surface area contributed by atoms with Crippen molar-refractivity contribution in [3.05, 3.63) is 81.9 Å². The summed E-state index contributed by atoms with van der Waals surface area (Å²) >= 11 is 0. The van der Waals surface area contributed by atoms with Crippen LogP contribution < -0.4 is 0 Å². The fourth-order valence-electron chi connectivity index (χ4n) is 3.62. The van der Waals surface area contributed by atoms with Crippen molar-refractivity contribution in [1.82, 2.24) is 0 Å². The minimum absolute atomic E-state index is 0.0177. The lowest BCUT2D eigenvalue weighted by atomic mass is 10.0. The van der Waals surface area contributed by atoms with E-state index in [-0.39, 0.29) is 24.3 Å². The van der Waals surface area contributed by atoms with Gasteiger partial charge in [0.15, 0.2) is 0 Å². The van der Waals surface area contributed by atoms with E-state index in [1.165, 1.54) is 7.11 Å². The van der Waals surface area contributed by atoms with Crippen molar-refractivity contribution < 1.29 is 28.7 Å². The lowest BCUT2D eigenvalue weighted by Crippen LogP contribution is -2.38. The molecule has 0 unspecified atom stereocenters. The van der Waals surface area contributed by atoms with E-state index in [1.807, 2.05) is 60.7 Å². The number of hydrogen-bond acceptors (Lipinski definition) is 7. The Kier molecular flexibility index (Phi) is 8.52. The molecule has 8 heteroatoms. The Bertz CT molecular complexity index is 830. The van der Waals surface area contributed by atoms with Gasteiger partial charge in [0.1, 0.15) is 12.2 Å². The molecule has 1 heterocycles. The van der Waals surface area contributed by atoms with Gasteiger partial charge in [-0.2, -0.15) is 0 Å². The van der Waals surface area contributed by atoms with Crippen molar-refractivity contribution in [2.24, 2.45) is 0 Å².